The third-order valence-corrected chi connectivity index (χ3v) is 3.06. The molecule has 0 unspecified atom stereocenters. The van der Waals surface area contributed by atoms with E-state index in [0.717, 1.165) is 5.56 Å². The van der Waals surface area contributed by atoms with Gasteiger partial charge in [0.1, 0.15) is 6.17 Å². The average Bonchev–Trinajstić information content (AvgIpc) is 2.53. The van der Waals surface area contributed by atoms with E-state index in [1.54, 1.807) is 24.3 Å². The highest BCUT2D eigenvalue weighted by Crippen LogP contribution is 2.11. The van der Waals surface area contributed by atoms with Gasteiger partial charge in [0.05, 0.1) is 6.61 Å². The largest absolute Gasteiger partial charge is 0.393 e. The lowest BCUT2D eigenvalue weighted by Crippen LogP contribution is -2.47. The van der Waals surface area contributed by atoms with E-state index in [1.807, 2.05) is 36.4 Å². The zero-order chi connectivity index (χ0) is 14.4. The summed E-state index contributed by atoms with van der Waals surface area (Å²) < 4.78 is 0. The first-order chi connectivity index (χ1) is 9.72. The Morgan fingerprint density at radius 2 is 1.60 bits per heavy atom. The van der Waals surface area contributed by atoms with Crippen LogP contribution in [0.3, 0.4) is 0 Å². The summed E-state index contributed by atoms with van der Waals surface area (Å²) in [6.45, 7) is 0.0989. The van der Waals surface area contributed by atoms with Gasteiger partial charge in [0.2, 0.25) is 0 Å². The molecule has 4 nitrogen and oxygen atoms in total. The minimum Gasteiger partial charge on any atom is -0.393 e. The fraction of sp³-hybridized carbons (Fsp3) is 0.188. The minimum absolute atomic E-state index is 0.184. The number of nitrogens with zero attached hydrogens (tertiary/aromatic N) is 1. The maximum Gasteiger partial charge on any atom is 0.255 e. The van der Waals surface area contributed by atoms with Gasteiger partial charge in [0.15, 0.2) is 0 Å². The summed E-state index contributed by atoms with van der Waals surface area (Å²) in [7, 11) is 0. The van der Waals surface area contributed by atoms with Gasteiger partial charge >= 0.3 is 0 Å². The van der Waals surface area contributed by atoms with Gasteiger partial charge in [-0.1, -0.05) is 48.5 Å². The van der Waals surface area contributed by atoms with E-state index < -0.39 is 6.17 Å². The summed E-state index contributed by atoms with van der Waals surface area (Å²) in [4.78, 5) is 14.0. The molecule has 3 N–H and O–H groups in total. The first-order valence-electron chi connectivity index (χ1n) is 6.48. The van der Waals surface area contributed by atoms with Crippen molar-refractivity contribution in [3.8, 4) is 0 Å². The number of amides is 1. The van der Waals surface area contributed by atoms with Gasteiger partial charge in [0, 0.05) is 12.1 Å². The monoisotopic (exact) mass is 270 g/mol. The van der Waals surface area contributed by atoms with E-state index >= 15 is 0 Å². The van der Waals surface area contributed by atoms with Crippen LogP contribution in [0.15, 0.2) is 60.7 Å². The van der Waals surface area contributed by atoms with Crippen molar-refractivity contribution in [3.05, 3.63) is 71.8 Å². The second-order valence-corrected chi connectivity index (χ2v) is 4.53. The molecule has 0 saturated heterocycles. The summed E-state index contributed by atoms with van der Waals surface area (Å²) in [5.41, 5.74) is 7.39. The van der Waals surface area contributed by atoms with Gasteiger partial charge in [-0.15, -0.1) is 0 Å². The van der Waals surface area contributed by atoms with E-state index in [-0.39, 0.29) is 12.5 Å². The van der Waals surface area contributed by atoms with Gasteiger partial charge in [-0.2, -0.15) is 0 Å². The van der Waals surface area contributed by atoms with Crippen LogP contribution < -0.4 is 5.73 Å². The Hall–Kier alpha value is -2.17. The predicted molar refractivity (Wildman–Crippen MR) is 77.8 cm³/mol. The summed E-state index contributed by atoms with van der Waals surface area (Å²) in [5, 5.41) is 9.26. The molecule has 0 saturated carbocycles. The molecule has 104 valence electrons. The van der Waals surface area contributed by atoms with E-state index in [2.05, 4.69) is 0 Å². The topological polar surface area (TPSA) is 66.6 Å². The molecule has 0 fully saturated rings. The molecule has 0 aliphatic heterocycles. The van der Waals surface area contributed by atoms with E-state index in [0.29, 0.717) is 12.1 Å². The minimum atomic E-state index is -0.720. The molecule has 0 spiro atoms. The van der Waals surface area contributed by atoms with Crippen molar-refractivity contribution in [1.29, 1.82) is 0 Å². The molecule has 20 heavy (non-hydrogen) atoms. The standard InChI is InChI=1S/C16H18N2O2/c17-15(12-19)18(11-13-7-3-1-4-8-13)16(20)14-9-5-2-6-10-14/h1-10,15,19H,11-12,17H2/t15-/m1/s1. The fourth-order valence-electron chi connectivity index (χ4n) is 1.96. The van der Waals surface area contributed by atoms with Crippen LogP contribution >= 0.6 is 0 Å². The van der Waals surface area contributed by atoms with Gasteiger partial charge in [0.25, 0.3) is 5.91 Å². The number of hydrogen-bond acceptors (Lipinski definition) is 3. The Morgan fingerprint density at radius 3 is 2.15 bits per heavy atom. The van der Waals surface area contributed by atoms with E-state index in [4.69, 9.17) is 5.73 Å². The van der Waals surface area contributed by atoms with Crippen LogP contribution in [-0.4, -0.2) is 28.7 Å². The third-order valence-electron chi connectivity index (χ3n) is 3.06. The lowest BCUT2D eigenvalue weighted by atomic mass is 10.1. The Balaban J connectivity index is 2.22. The van der Waals surface area contributed by atoms with Gasteiger partial charge in [-0.25, -0.2) is 0 Å². The van der Waals surface area contributed by atoms with Crippen LogP contribution in [0.1, 0.15) is 15.9 Å². The summed E-state index contributed by atoms with van der Waals surface area (Å²) in [6, 6.07) is 18.5. The number of carbonyl (C=O) groups excluding carboxylic acids is 1. The average molecular weight is 270 g/mol. The van der Waals surface area contributed by atoms with Crippen molar-refractivity contribution in [1.82, 2.24) is 4.90 Å². The SMILES string of the molecule is N[C@@H](CO)N(Cc1ccccc1)C(=O)c1ccccc1. The van der Waals surface area contributed by atoms with Crippen molar-refractivity contribution in [2.75, 3.05) is 6.61 Å². The first-order valence-corrected chi connectivity index (χ1v) is 6.48. The molecule has 0 aliphatic carbocycles. The van der Waals surface area contributed by atoms with E-state index in [9.17, 15) is 9.90 Å². The smallest absolute Gasteiger partial charge is 0.255 e. The highest BCUT2D eigenvalue weighted by molar-refractivity contribution is 5.94. The molecule has 0 aromatic heterocycles. The fourth-order valence-corrected chi connectivity index (χ4v) is 1.96. The Kier molecular flexibility index (Phi) is 4.87. The highest BCUT2D eigenvalue weighted by atomic mass is 16.3. The number of aliphatic hydroxyl groups is 1. The predicted octanol–water partition coefficient (Wildman–Crippen LogP) is 1.61. The van der Waals surface area contributed by atoms with Crippen LogP contribution in [0, 0.1) is 0 Å². The maximum atomic E-state index is 12.5. The van der Waals surface area contributed by atoms with Crippen LogP contribution in [0.25, 0.3) is 0 Å². The van der Waals surface area contributed by atoms with Crippen molar-refractivity contribution < 1.29 is 9.90 Å². The Labute approximate surface area is 118 Å². The highest BCUT2D eigenvalue weighted by Gasteiger charge is 2.21. The van der Waals surface area contributed by atoms with Gasteiger partial charge in [-0.3, -0.25) is 4.79 Å². The normalized spacial score (nSPS) is 11.9. The molecule has 0 heterocycles. The molecule has 0 aliphatic rings. The second-order valence-electron chi connectivity index (χ2n) is 4.53. The molecule has 1 amide bonds. The van der Waals surface area contributed by atoms with Crippen molar-refractivity contribution in [3.63, 3.8) is 0 Å². The van der Waals surface area contributed by atoms with Crippen molar-refractivity contribution in [2.45, 2.75) is 12.7 Å². The zero-order valence-corrected chi connectivity index (χ0v) is 11.1. The number of carbonyl (C=O) groups is 1. The molecule has 0 radical (unpaired) electrons. The number of aliphatic hydroxyl groups excluding tert-OH is 1. The van der Waals surface area contributed by atoms with Crippen molar-refractivity contribution in [2.24, 2.45) is 5.73 Å². The molecule has 2 aromatic carbocycles. The summed E-state index contributed by atoms with van der Waals surface area (Å²) >= 11 is 0. The van der Waals surface area contributed by atoms with Crippen LogP contribution in [0.4, 0.5) is 0 Å². The zero-order valence-electron chi connectivity index (χ0n) is 11.1. The molecule has 2 aromatic rings. The van der Waals surface area contributed by atoms with E-state index in [1.165, 1.54) is 4.90 Å². The lowest BCUT2D eigenvalue weighted by molar-refractivity contribution is 0.0580. The molecule has 0 bridgehead atoms. The maximum absolute atomic E-state index is 12.5. The Morgan fingerprint density at radius 1 is 1.05 bits per heavy atom. The number of hydrogen-bond donors (Lipinski definition) is 2. The van der Waals surface area contributed by atoms with Crippen LogP contribution in [0.2, 0.25) is 0 Å². The third kappa shape index (κ3) is 3.44. The number of rotatable bonds is 5. The van der Waals surface area contributed by atoms with Gasteiger partial charge < -0.3 is 15.7 Å². The number of benzene rings is 2. The molecular weight excluding hydrogens is 252 g/mol. The first kappa shape index (κ1) is 14.2. The van der Waals surface area contributed by atoms with Crippen LogP contribution in [0.5, 0.6) is 0 Å². The lowest BCUT2D eigenvalue weighted by Gasteiger charge is -2.28. The quantitative estimate of drug-likeness (QED) is 0.811. The summed E-state index contributed by atoms with van der Waals surface area (Å²) in [5.74, 6) is -0.184. The molecule has 4 heteroatoms. The molecule has 1 atom stereocenters. The second kappa shape index (κ2) is 6.84. The number of nitrogens with two attached hydrogens (primary N) is 1. The summed E-state index contributed by atoms with van der Waals surface area (Å²) in [6.07, 6.45) is -0.720. The molecular formula is C16H18N2O2. The Bertz CT molecular complexity index is 543. The van der Waals surface area contributed by atoms with Gasteiger partial charge in [-0.05, 0) is 17.7 Å². The molecule has 2 rings (SSSR count). The van der Waals surface area contributed by atoms with Crippen molar-refractivity contribution >= 4 is 5.91 Å². The van der Waals surface area contributed by atoms with Crippen LogP contribution in [-0.2, 0) is 6.54 Å².